The third-order valence-electron chi connectivity index (χ3n) is 5.35. The molecule has 4 rings (SSSR count). The first-order chi connectivity index (χ1) is 17.1. The van der Waals surface area contributed by atoms with Crippen molar-refractivity contribution in [2.75, 3.05) is 11.9 Å². The number of amides is 2. The molecule has 2 amide bonds. The van der Waals surface area contributed by atoms with Gasteiger partial charge in [-0.2, -0.15) is 5.10 Å². The van der Waals surface area contributed by atoms with Crippen LogP contribution < -0.4 is 10.6 Å². The zero-order valence-electron chi connectivity index (χ0n) is 19.2. The summed E-state index contributed by atoms with van der Waals surface area (Å²) in [6.07, 6.45) is 3.35. The van der Waals surface area contributed by atoms with Crippen LogP contribution in [0.1, 0.15) is 25.0 Å². The lowest BCUT2D eigenvalue weighted by Crippen LogP contribution is -2.26. The first-order valence-electron chi connectivity index (χ1n) is 11.5. The van der Waals surface area contributed by atoms with Gasteiger partial charge in [0, 0.05) is 54.4 Å². The molecule has 0 aliphatic carbocycles. The van der Waals surface area contributed by atoms with Gasteiger partial charge in [-0.15, -0.1) is 0 Å². The summed E-state index contributed by atoms with van der Waals surface area (Å²) in [5, 5.41) is 11.1. The van der Waals surface area contributed by atoms with Crippen LogP contribution in [-0.4, -0.2) is 33.1 Å². The Morgan fingerprint density at radius 2 is 1.63 bits per heavy atom. The maximum Gasteiger partial charge on any atom is 0.225 e. The summed E-state index contributed by atoms with van der Waals surface area (Å²) in [7, 11) is 0. The van der Waals surface area contributed by atoms with Gasteiger partial charge in [0.15, 0.2) is 0 Å². The molecule has 0 unspecified atom stereocenters. The van der Waals surface area contributed by atoms with Crippen LogP contribution in [0.15, 0.2) is 85.1 Å². The SMILES string of the molecule is O=C(CCCC(=O)Nc1cc(-c2ccccc2)nn1-c1ccc(Cl)cc1)NCCc1ccccn1. The zero-order valence-corrected chi connectivity index (χ0v) is 19.9. The van der Waals surface area contributed by atoms with Gasteiger partial charge in [-0.25, -0.2) is 4.68 Å². The number of halogens is 1. The second-order valence-corrected chi connectivity index (χ2v) is 8.43. The number of rotatable bonds is 10. The molecule has 2 N–H and O–H groups in total. The van der Waals surface area contributed by atoms with Crippen LogP contribution in [0.2, 0.25) is 5.02 Å². The predicted octanol–water partition coefficient (Wildman–Crippen LogP) is 5.06. The molecule has 0 radical (unpaired) electrons. The highest BCUT2D eigenvalue weighted by Crippen LogP contribution is 2.25. The fourth-order valence-electron chi connectivity index (χ4n) is 3.58. The molecule has 0 spiro atoms. The lowest BCUT2D eigenvalue weighted by molar-refractivity contribution is -0.121. The van der Waals surface area contributed by atoms with Gasteiger partial charge in [-0.3, -0.25) is 14.6 Å². The van der Waals surface area contributed by atoms with Crippen LogP contribution in [0.25, 0.3) is 16.9 Å². The standard InChI is InChI=1S/C27H26ClN5O2/c28-21-12-14-23(15-13-21)33-25(19-24(32-33)20-7-2-1-3-8-20)31-27(35)11-6-10-26(34)30-18-16-22-9-4-5-17-29-22/h1-5,7-9,12-15,17,19H,6,10-11,16,18H2,(H,30,34)(H,31,35). The fourth-order valence-corrected chi connectivity index (χ4v) is 3.70. The van der Waals surface area contributed by atoms with Crippen LogP contribution in [0, 0.1) is 0 Å². The summed E-state index contributed by atoms with van der Waals surface area (Å²) in [4.78, 5) is 29.0. The minimum absolute atomic E-state index is 0.0775. The van der Waals surface area contributed by atoms with E-state index in [2.05, 4.69) is 15.6 Å². The van der Waals surface area contributed by atoms with E-state index in [1.54, 1.807) is 23.0 Å². The monoisotopic (exact) mass is 487 g/mol. The number of nitrogens with one attached hydrogen (secondary N) is 2. The second kappa shape index (κ2) is 11.9. The van der Waals surface area contributed by atoms with Gasteiger partial charge >= 0.3 is 0 Å². The van der Waals surface area contributed by atoms with Crippen molar-refractivity contribution in [2.24, 2.45) is 0 Å². The lowest BCUT2D eigenvalue weighted by Gasteiger charge is -2.09. The minimum Gasteiger partial charge on any atom is -0.356 e. The van der Waals surface area contributed by atoms with Crippen LogP contribution in [-0.2, 0) is 16.0 Å². The number of benzene rings is 2. The number of hydrogen-bond acceptors (Lipinski definition) is 4. The molecule has 0 atom stereocenters. The Labute approximate surface area is 209 Å². The number of carbonyl (C=O) groups is 2. The number of aromatic nitrogens is 3. The minimum atomic E-state index is -0.180. The van der Waals surface area contributed by atoms with Crippen molar-refractivity contribution in [2.45, 2.75) is 25.7 Å². The maximum atomic E-state index is 12.7. The summed E-state index contributed by atoms with van der Waals surface area (Å²) in [6, 6.07) is 24.5. The van der Waals surface area contributed by atoms with E-state index in [9.17, 15) is 9.59 Å². The molecule has 2 heterocycles. The molecule has 0 saturated carbocycles. The van der Waals surface area contributed by atoms with E-state index in [4.69, 9.17) is 16.7 Å². The van der Waals surface area contributed by atoms with Crippen LogP contribution in [0.5, 0.6) is 0 Å². The number of nitrogens with zero attached hydrogens (tertiary/aromatic N) is 3. The normalized spacial score (nSPS) is 10.7. The van der Waals surface area contributed by atoms with Crippen LogP contribution >= 0.6 is 11.6 Å². The predicted molar refractivity (Wildman–Crippen MR) is 137 cm³/mol. The van der Waals surface area contributed by atoms with E-state index in [0.717, 1.165) is 22.6 Å². The number of carbonyl (C=O) groups excluding carboxylic acids is 2. The summed E-state index contributed by atoms with van der Waals surface area (Å²) in [5.74, 6) is 0.295. The van der Waals surface area contributed by atoms with E-state index in [1.165, 1.54) is 0 Å². The van der Waals surface area contributed by atoms with E-state index < -0.39 is 0 Å². The van der Waals surface area contributed by atoms with E-state index in [-0.39, 0.29) is 24.7 Å². The van der Waals surface area contributed by atoms with Crippen molar-refractivity contribution in [3.8, 4) is 16.9 Å². The third-order valence-corrected chi connectivity index (χ3v) is 5.61. The van der Waals surface area contributed by atoms with Gasteiger partial charge in [0.25, 0.3) is 0 Å². The molecule has 0 aliphatic rings. The van der Waals surface area contributed by atoms with E-state index in [1.807, 2.05) is 66.7 Å². The van der Waals surface area contributed by atoms with Gasteiger partial charge in [0.1, 0.15) is 5.82 Å². The van der Waals surface area contributed by atoms with Gasteiger partial charge in [-0.05, 0) is 42.8 Å². The Balaban J connectivity index is 1.33. The van der Waals surface area contributed by atoms with Gasteiger partial charge in [0.05, 0.1) is 11.4 Å². The summed E-state index contributed by atoms with van der Waals surface area (Å²) >= 11 is 6.03. The lowest BCUT2D eigenvalue weighted by atomic mass is 10.1. The Morgan fingerprint density at radius 3 is 2.37 bits per heavy atom. The highest BCUT2D eigenvalue weighted by atomic mass is 35.5. The topological polar surface area (TPSA) is 88.9 Å². The molecule has 4 aromatic rings. The highest BCUT2D eigenvalue weighted by Gasteiger charge is 2.14. The largest absolute Gasteiger partial charge is 0.356 e. The molecule has 35 heavy (non-hydrogen) atoms. The Morgan fingerprint density at radius 1 is 0.886 bits per heavy atom. The molecule has 2 aromatic heterocycles. The highest BCUT2D eigenvalue weighted by molar-refractivity contribution is 6.30. The molecular formula is C27H26ClN5O2. The maximum absolute atomic E-state index is 12.7. The van der Waals surface area contributed by atoms with E-state index in [0.29, 0.717) is 30.2 Å². The Bertz CT molecular complexity index is 1260. The van der Waals surface area contributed by atoms with Gasteiger partial charge in [-0.1, -0.05) is 48.0 Å². The first-order valence-corrected chi connectivity index (χ1v) is 11.8. The van der Waals surface area contributed by atoms with Crippen molar-refractivity contribution >= 4 is 29.2 Å². The van der Waals surface area contributed by atoms with Crippen LogP contribution in [0.4, 0.5) is 5.82 Å². The van der Waals surface area contributed by atoms with Crippen molar-refractivity contribution in [1.82, 2.24) is 20.1 Å². The summed E-state index contributed by atoms with van der Waals surface area (Å²) < 4.78 is 1.68. The summed E-state index contributed by atoms with van der Waals surface area (Å²) in [5.41, 5.74) is 3.39. The fraction of sp³-hybridized carbons (Fsp3) is 0.185. The smallest absolute Gasteiger partial charge is 0.225 e. The molecule has 0 fully saturated rings. The number of hydrogen-bond donors (Lipinski definition) is 2. The van der Waals surface area contributed by atoms with Gasteiger partial charge in [0.2, 0.25) is 11.8 Å². The number of anilines is 1. The molecule has 178 valence electrons. The molecule has 8 heteroatoms. The van der Waals surface area contributed by atoms with E-state index >= 15 is 0 Å². The Hall–Kier alpha value is -3.97. The molecular weight excluding hydrogens is 462 g/mol. The molecule has 0 saturated heterocycles. The zero-order chi connectivity index (χ0) is 24.5. The third kappa shape index (κ3) is 7.01. The summed E-state index contributed by atoms with van der Waals surface area (Å²) in [6.45, 7) is 0.518. The first kappa shape index (κ1) is 24.2. The van der Waals surface area contributed by atoms with Crippen molar-refractivity contribution in [3.05, 3.63) is 95.8 Å². The quantitative estimate of drug-likeness (QED) is 0.327. The molecule has 0 bridgehead atoms. The van der Waals surface area contributed by atoms with Crippen LogP contribution in [0.3, 0.4) is 0 Å². The van der Waals surface area contributed by atoms with Gasteiger partial charge < -0.3 is 10.6 Å². The molecule has 7 nitrogen and oxygen atoms in total. The average molecular weight is 488 g/mol. The number of pyridine rings is 1. The second-order valence-electron chi connectivity index (χ2n) is 7.99. The van der Waals surface area contributed by atoms with Crippen molar-refractivity contribution in [3.63, 3.8) is 0 Å². The average Bonchev–Trinajstić information content (AvgIpc) is 3.29. The molecule has 0 aliphatic heterocycles. The molecule has 2 aromatic carbocycles. The Kier molecular flexibility index (Phi) is 8.25. The van der Waals surface area contributed by atoms with Crippen molar-refractivity contribution < 1.29 is 9.59 Å². The van der Waals surface area contributed by atoms with Crippen molar-refractivity contribution in [1.29, 1.82) is 0 Å².